The van der Waals surface area contributed by atoms with E-state index in [2.05, 4.69) is 27.4 Å². The molecule has 26 heavy (non-hydrogen) atoms. The summed E-state index contributed by atoms with van der Waals surface area (Å²) in [4.78, 5) is 7.67. The molecule has 0 radical (unpaired) electrons. The lowest BCUT2D eigenvalue weighted by atomic mass is 9.99. The largest absolute Gasteiger partial charge is 0.356 e. The molecule has 1 saturated heterocycles. The van der Waals surface area contributed by atoms with Gasteiger partial charge in [0.05, 0.1) is 10.8 Å². The summed E-state index contributed by atoms with van der Waals surface area (Å²) in [5.74, 6) is 2.26. The van der Waals surface area contributed by atoms with Crippen LogP contribution in [0.1, 0.15) is 26.2 Å². The molecule has 1 unspecified atom stereocenters. The molecule has 1 fully saturated rings. The molecule has 7 heteroatoms. The lowest BCUT2D eigenvalue weighted by Gasteiger charge is -2.30. The van der Waals surface area contributed by atoms with E-state index in [0.29, 0.717) is 12.3 Å². The molecular weight excluding hydrogens is 459 g/mol. The van der Waals surface area contributed by atoms with Crippen LogP contribution in [-0.2, 0) is 10.8 Å². The van der Waals surface area contributed by atoms with Crippen molar-refractivity contribution in [2.24, 2.45) is 10.9 Å². The third kappa shape index (κ3) is 8.81. The second-order valence-electron chi connectivity index (χ2n) is 6.67. The van der Waals surface area contributed by atoms with E-state index < -0.39 is 10.8 Å². The van der Waals surface area contributed by atoms with Crippen molar-refractivity contribution in [3.05, 3.63) is 30.3 Å². The van der Waals surface area contributed by atoms with E-state index in [4.69, 9.17) is 0 Å². The van der Waals surface area contributed by atoms with Crippen molar-refractivity contribution in [1.29, 1.82) is 0 Å². The number of hydrogen-bond acceptors (Lipinski definition) is 3. The summed E-state index contributed by atoms with van der Waals surface area (Å²) >= 11 is 0. The molecule has 2 rings (SSSR count). The maximum absolute atomic E-state index is 12.2. The van der Waals surface area contributed by atoms with Crippen molar-refractivity contribution in [2.75, 3.05) is 45.5 Å². The molecule has 1 aromatic rings. The second-order valence-corrected chi connectivity index (χ2v) is 8.24. The highest BCUT2D eigenvalue weighted by molar-refractivity contribution is 14.0. The van der Waals surface area contributed by atoms with Gasteiger partial charge in [0.25, 0.3) is 0 Å². The van der Waals surface area contributed by atoms with Crippen molar-refractivity contribution < 1.29 is 4.21 Å². The third-order valence-electron chi connectivity index (χ3n) is 4.63. The number of aliphatic imine (C=N–C) groups is 1. The number of nitrogens with one attached hydrogen (secondary N) is 2. The quantitative estimate of drug-likeness (QED) is 0.254. The molecule has 2 N–H and O–H groups in total. The van der Waals surface area contributed by atoms with Crippen molar-refractivity contribution in [2.45, 2.75) is 31.1 Å². The zero-order valence-corrected chi connectivity index (χ0v) is 19.1. The highest BCUT2D eigenvalue weighted by Gasteiger charge is 2.14. The van der Waals surface area contributed by atoms with E-state index in [0.717, 1.165) is 36.3 Å². The number of halogens is 1. The van der Waals surface area contributed by atoms with Gasteiger partial charge in [0.2, 0.25) is 0 Å². The number of guanidine groups is 1. The number of rotatable bonds is 8. The van der Waals surface area contributed by atoms with Gasteiger partial charge in [-0.25, -0.2) is 0 Å². The molecule has 1 heterocycles. The minimum atomic E-state index is -0.967. The Hall–Kier alpha value is -0.670. The Morgan fingerprint density at radius 3 is 2.50 bits per heavy atom. The summed E-state index contributed by atoms with van der Waals surface area (Å²) in [7, 11) is 0.806. The highest BCUT2D eigenvalue weighted by atomic mass is 127. The van der Waals surface area contributed by atoms with E-state index in [-0.39, 0.29) is 24.0 Å². The molecule has 1 atom stereocenters. The molecule has 0 saturated carbocycles. The average molecular weight is 492 g/mol. The van der Waals surface area contributed by atoms with Crippen LogP contribution in [-0.4, -0.2) is 60.6 Å². The molecular formula is C19H33IN4OS. The van der Waals surface area contributed by atoms with Crippen LogP contribution in [0.5, 0.6) is 0 Å². The fraction of sp³-hybridized carbons (Fsp3) is 0.632. The zero-order chi connectivity index (χ0) is 17.9. The first kappa shape index (κ1) is 23.4. The number of benzene rings is 1. The normalized spacial score (nSPS) is 17.4. The lowest BCUT2D eigenvalue weighted by molar-refractivity contribution is 0.191. The molecule has 5 nitrogen and oxygen atoms in total. The van der Waals surface area contributed by atoms with Crippen molar-refractivity contribution in [3.8, 4) is 0 Å². The van der Waals surface area contributed by atoms with E-state index in [1.807, 2.05) is 30.3 Å². The SMILES string of the molecule is CN=C(NCCCN1CCC(C)CC1)NCCS(=O)c1ccccc1.I. The molecule has 0 amide bonds. The number of likely N-dealkylation sites (tertiary alicyclic amines) is 1. The van der Waals surface area contributed by atoms with Gasteiger partial charge < -0.3 is 15.5 Å². The van der Waals surface area contributed by atoms with Gasteiger partial charge in [-0.15, -0.1) is 24.0 Å². The van der Waals surface area contributed by atoms with Crippen LogP contribution in [0.2, 0.25) is 0 Å². The summed E-state index contributed by atoms with van der Waals surface area (Å²) in [6.07, 6.45) is 3.77. The molecule has 1 aliphatic heterocycles. The zero-order valence-electron chi connectivity index (χ0n) is 15.9. The van der Waals surface area contributed by atoms with E-state index >= 15 is 0 Å². The topological polar surface area (TPSA) is 56.7 Å². The van der Waals surface area contributed by atoms with Crippen LogP contribution in [0.25, 0.3) is 0 Å². The minimum Gasteiger partial charge on any atom is -0.356 e. The molecule has 1 aromatic carbocycles. The standard InChI is InChI=1S/C19H32N4OS.HI/c1-17-9-14-23(15-10-17)13-6-11-21-19(20-2)22-12-16-25(24)18-7-4-3-5-8-18;/h3-5,7-8,17H,6,9-16H2,1-2H3,(H2,20,21,22);1H. The van der Waals surface area contributed by atoms with Gasteiger partial charge in [-0.05, 0) is 56.9 Å². The number of hydrogen-bond donors (Lipinski definition) is 2. The van der Waals surface area contributed by atoms with Crippen LogP contribution < -0.4 is 10.6 Å². The Bertz CT molecular complexity index is 548. The maximum Gasteiger partial charge on any atom is 0.191 e. The Balaban J connectivity index is 0.00000338. The number of nitrogens with zero attached hydrogens (tertiary/aromatic N) is 2. The summed E-state index contributed by atoms with van der Waals surface area (Å²) in [5, 5.41) is 6.59. The monoisotopic (exact) mass is 492 g/mol. The van der Waals surface area contributed by atoms with Crippen LogP contribution in [0.3, 0.4) is 0 Å². The Morgan fingerprint density at radius 1 is 1.19 bits per heavy atom. The Labute approximate surface area is 177 Å². The predicted octanol–water partition coefficient (Wildman–Crippen LogP) is 2.70. The van der Waals surface area contributed by atoms with Crippen LogP contribution in [0.15, 0.2) is 40.2 Å². The first-order valence-electron chi connectivity index (χ1n) is 9.29. The van der Waals surface area contributed by atoms with Crippen molar-refractivity contribution >= 4 is 40.7 Å². The first-order chi connectivity index (χ1) is 12.2. The summed E-state index contributed by atoms with van der Waals surface area (Å²) in [6.45, 7) is 7.52. The third-order valence-corrected chi connectivity index (χ3v) is 6.00. The van der Waals surface area contributed by atoms with Crippen LogP contribution in [0, 0.1) is 5.92 Å². The van der Waals surface area contributed by atoms with Gasteiger partial charge >= 0.3 is 0 Å². The average Bonchev–Trinajstić information content (AvgIpc) is 2.65. The first-order valence-corrected chi connectivity index (χ1v) is 10.6. The summed E-state index contributed by atoms with van der Waals surface area (Å²) in [6, 6.07) is 9.60. The predicted molar refractivity (Wildman–Crippen MR) is 122 cm³/mol. The Kier molecular flexibility index (Phi) is 12.1. The fourth-order valence-corrected chi connectivity index (χ4v) is 3.95. The minimum absolute atomic E-state index is 0. The molecule has 0 aromatic heterocycles. The smallest absolute Gasteiger partial charge is 0.191 e. The van der Waals surface area contributed by atoms with Gasteiger partial charge in [0.15, 0.2) is 5.96 Å². The molecule has 1 aliphatic rings. The van der Waals surface area contributed by atoms with Crippen molar-refractivity contribution in [1.82, 2.24) is 15.5 Å². The lowest BCUT2D eigenvalue weighted by Crippen LogP contribution is -2.41. The van der Waals surface area contributed by atoms with Crippen LogP contribution in [0.4, 0.5) is 0 Å². The van der Waals surface area contributed by atoms with Crippen LogP contribution >= 0.6 is 24.0 Å². The number of piperidine rings is 1. The van der Waals surface area contributed by atoms with E-state index in [1.165, 1.54) is 25.9 Å². The van der Waals surface area contributed by atoms with Gasteiger partial charge in [-0.3, -0.25) is 9.20 Å². The highest BCUT2D eigenvalue weighted by Crippen LogP contribution is 2.15. The maximum atomic E-state index is 12.2. The van der Waals surface area contributed by atoms with E-state index in [9.17, 15) is 4.21 Å². The van der Waals surface area contributed by atoms with Crippen molar-refractivity contribution in [3.63, 3.8) is 0 Å². The van der Waals surface area contributed by atoms with Gasteiger partial charge in [0, 0.05) is 30.8 Å². The summed E-state index contributed by atoms with van der Waals surface area (Å²) in [5.41, 5.74) is 0. The fourth-order valence-electron chi connectivity index (χ4n) is 2.97. The van der Waals surface area contributed by atoms with Gasteiger partial charge in [-0.1, -0.05) is 25.1 Å². The second kappa shape index (κ2) is 13.5. The van der Waals surface area contributed by atoms with Gasteiger partial charge in [0.1, 0.15) is 0 Å². The molecule has 0 bridgehead atoms. The summed E-state index contributed by atoms with van der Waals surface area (Å²) < 4.78 is 12.2. The molecule has 148 valence electrons. The molecule has 0 spiro atoms. The Morgan fingerprint density at radius 2 is 1.85 bits per heavy atom. The van der Waals surface area contributed by atoms with E-state index in [1.54, 1.807) is 7.05 Å². The van der Waals surface area contributed by atoms with Gasteiger partial charge in [-0.2, -0.15) is 0 Å². The molecule has 0 aliphatic carbocycles.